The lowest BCUT2D eigenvalue weighted by Crippen LogP contribution is -2.27. The molecule has 0 aliphatic rings. The van der Waals surface area contributed by atoms with E-state index in [1.54, 1.807) is 6.20 Å². The third kappa shape index (κ3) is 3.91. The zero-order valence-corrected chi connectivity index (χ0v) is 18.9. The van der Waals surface area contributed by atoms with Crippen molar-refractivity contribution in [1.82, 2.24) is 24.6 Å². The number of aryl methyl sites for hydroxylation is 1. The molecule has 1 amide bonds. The number of carbonyl (C=O) groups excluding carboxylic acids is 1. The van der Waals surface area contributed by atoms with E-state index in [2.05, 4.69) is 27.1 Å². The Balaban J connectivity index is 1.49. The highest BCUT2D eigenvalue weighted by atomic mass is 16.1. The molecule has 3 heterocycles. The number of benzene rings is 2. The van der Waals surface area contributed by atoms with Gasteiger partial charge in [-0.15, -0.1) is 0 Å². The Kier molecular flexibility index (Phi) is 5.26. The van der Waals surface area contributed by atoms with Gasteiger partial charge in [-0.1, -0.05) is 30.3 Å². The van der Waals surface area contributed by atoms with Crippen LogP contribution in [-0.2, 0) is 7.05 Å². The van der Waals surface area contributed by atoms with Crippen molar-refractivity contribution in [3.05, 3.63) is 102 Å². The molecule has 0 aliphatic carbocycles. The Bertz CT molecular complexity index is 1450. The quantitative estimate of drug-likeness (QED) is 0.411. The number of pyridine rings is 1. The molecule has 33 heavy (non-hydrogen) atoms. The summed E-state index contributed by atoms with van der Waals surface area (Å²) in [7, 11) is 1.90. The van der Waals surface area contributed by atoms with Crippen molar-refractivity contribution in [1.29, 1.82) is 0 Å². The minimum absolute atomic E-state index is 0.129. The fraction of sp³-hybridized carbons (Fsp3) is 0.148. The van der Waals surface area contributed by atoms with Gasteiger partial charge in [0.05, 0.1) is 29.0 Å². The van der Waals surface area contributed by atoms with Crippen LogP contribution in [0.25, 0.3) is 27.8 Å². The van der Waals surface area contributed by atoms with Gasteiger partial charge in [0, 0.05) is 41.8 Å². The fourth-order valence-corrected chi connectivity index (χ4v) is 4.07. The summed E-state index contributed by atoms with van der Waals surface area (Å²) in [5.74, 6) is -0.129. The highest BCUT2D eigenvalue weighted by Crippen LogP contribution is 2.27. The Labute approximate surface area is 192 Å². The van der Waals surface area contributed by atoms with Crippen LogP contribution in [0.15, 0.2) is 85.3 Å². The summed E-state index contributed by atoms with van der Waals surface area (Å²) in [6.45, 7) is 4.00. The molecule has 0 spiro atoms. The first-order valence-corrected chi connectivity index (χ1v) is 10.9. The normalized spacial score (nSPS) is 12.1. The minimum atomic E-state index is -0.163. The predicted molar refractivity (Wildman–Crippen MR) is 130 cm³/mol. The summed E-state index contributed by atoms with van der Waals surface area (Å²) in [6, 6.07) is 21.6. The highest BCUT2D eigenvalue weighted by molar-refractivity contribution is 6.07. The Morgan fingerprint density at radius 1 is 1.00 bits per heavy atom. The number of rotatable bonds is 5. The Morgan fingerprint density at radius 3 is 2.55 bits per heavy atom. The minimum Gasteiger partial charge on any atom is -0.345 e. The van der Waals surface area contributed by atoms with E-state index < -0.39 is 0 Å². The summed E-state index contributed by atoms with van der Waals surface area (Å²) in [4.78, 5) is 18.3. The predicted octanol–water partition coefficient (Wildman–Crippen LogP) is 5.23. The van der Waals surface area contributed by atoms with Crippen LogP contribution in [0.2, 0.25) is 0 Å². The lowest BCUT2D eigenvalue weighted by molar-refractivity contribution is 0.0941. The van der Waals surface area contributed by atoms with E-state index in [9.17, 15) is 4.79 Å². The summed E-state index contributed by atoms with van der Waals surface area (Å²) < 4.78 is 3.86. The molecule has 0 saturated heterocycles. The van der Waals surface area contributed by atoms with Crippen LogP contribution in [-0.4, -0.2) is 25.2 Å². The zero-order valence-electron chi connectivity index (χ0n) is 18.9. The molecule has 0 fully saturated rings. The molecule has 3 aromatic heterocycles. The van der Waals surface area contributed by atoms with Crippen molar-refractivity contribution in [3.8, 4) is 16.9 Å². The number of nitrogens with zero attached hydrogens (tertiary/aromatic N) is 4. The molecule has 0 bridgehead atoms. The van der Waals surface area contributed by atoms with Gasteiger partial charge >= 0.3 is 0 Å². The summed E-state index contributed by atoms with van der Waals surface area (Å²) in [5.41, 5.74) is 6.15. The maximum absolute atomic E-state index is 13.5. The van der Waals surface area contributed by atoms with E-state index in [-0.39, 0.29) is 11.9 Å². The van der Waals surface area contributed by atoms with Crippen molar-refractivity contribution >= 4 is 16.8 Å². The van der Waals surface area contributed by atoms with Crippen LogP contribution in [0.1, 0.15) is 34.6 Å². The van der Waals surface area contributed by atoms with E-state index in [1.807, 2.05) is 92.6 Å². The summed E-state index contributed by atoms with van der Waals surface area (Å²) in [6.07, 6.45) is 5.81. The van der Waals surface area contributed by atoms with Crippen LogP contribution in [0.3, 0.4) is 0 Å². The number of carbonyl (C=O) groups is 1. The zero-order chi connectivity index (χ0) is 22.9. The van der Waals surface area contributed by atoms with Crippen LogP contribution < -0.4 is 5.32 Å². The van der Waals surface area contributed by atoms with Crippen molar-refractivity contribution in [2.75, 3.05) is 0 Å². The lowest BCUT2D eigenvalue weighted by Gasteiger charge is -2.17. The van der Waals surface area contributed by atoms with Gasteiger partial charge in [-0.3, -0.25) is 9.48 Å². The molecule has 164 valence electrons. The van der Waals surface area contributed by atoms with Crippen molar-refractivity contribution in [2.45, 2.75) is 19.9 Å². The second kappa shape index (κ2) is 8.39. The maximum atomic E-state index is 13.5. The molecule has 1 N–H and O–H groups in total. The molecule has 0 radical (unpaired) electrons. The monoisotopic (exact) mass is 435 g/mol. The van der Waals surface area contributed by atoms with E-state index in [0.717, 1.165) is 39.1 Å². The van der Waals surface area contributed by atoms with Gasteiger partial charge in [-0.25, -0.2) is 4.98 Å². The SMILES string of the molecule is Cc1c(-c2cc(C(=O)NC(C)c3cccc(-n4cccc4)c3)c3ccccc3n2)cnn1C. The second-order valence-electron chi connectivity index (χ2n) is 8.22. The molecule has 1 unspecified atom stereocenters. The fourth-order valence-electron chi connectivity index (χ4n) is 4.07. The van der Waals surface area contributed by atoms with Crippen LogP contribution in [0, 0.1) is 6.92 Å². The smallest absolute Gasteiger partial charge is 0.252 e. The standard InChI is InChI=1S/C27H25N5O/c1-18(20-9-8-10-21(15-20)32-13-6-7-14-32)29-27(33)23-16-26(24-17-28-31(3)19(24)2)30-25-12-5-4-11-22(23)25/h4-18H,1-3H3,(H,29,33). The molecule has 6 nitrogen and oxygen atoms in total. The number of hydrogen-bond acceptors (Lipinski definition) is 3. The largest absolute Gasteiger partial charge is 0.345 e. The molecular formula is C27H25N5O. The average Bonchev–Trinajstić information content (AvgIpc) is 3.49. The topological polar surface area (TPSA) is 64.7 Å². The molecule has 5 rings (SSSR count). The number of fused-ring (bicyclic) bond motifs is 1. The third-order valence-electron chi connectivity index (χ3n) is 6.09. The van der Waals surface area contributed by atoms with Crippen molar-refractivity contribution < 1.29 is 4.79 Å². The Morgan fingerprint density at radius 2 is 1.79 bits per heavy atom. The second-order valence-corrected chi connectivity index (χ2v) is 8.22. The average molecular weight is 436 g/mol. The van der Waals surface area contributed by atoms with Gasteiger partial charge in [0.2, 0.25) is 0 Å². The van der Waals surface area contributed by atoms with Gasteiger partial charge in [0.1, 0.15) is 0 Å². The number of para-hydroxylation sites is 1. The number of aromatic nitrogens is 4. The van der Waals surface area contributed by atoms with Gasteiger partial charge in [0.25, 0.3) is 5.91 Å². The highest BCUT2D eigenvalue weighted by Gasteiger charge is 2.18. The number of amides is 1. The van der Waals surface area contributed by atoms with Crippen LogP contribution >= 0.6 is 0 Å². The molecule has 6 heteroatoms. The Hall–Kier alpha value is -4.19. The van der Waals surface area contributed by atoms with Gasteiger partial charge < -0.3 is 9.88 Å². The van der Waals surface area contributed by atoms with Crippen LogP contribution in [0.5, 0.6) is 0 Å². The third-order valence-corrected chi connectivity index (χ3v) is 6.09. The summed E-state index contributed by atoms with van der Waals surface area (Å²) in [5, 5.41) is 8.34. The molecule has 5 aromatic rings. The van der Waals surface area contributed by atoms with Gasteiger partial charge in [-0.05, 0) is 55.8 Å². The van der Waals surface area contributed by atoms with Crippen molar-refractivity contribution in [3.63, 3.8) is 0 Å². The first-order chi connectivity index (χ1) is 16.0. The molecule has 0 saturated carbocycles. The van der Waals surface area contributed by atoms with E-state index >= 15 is 0 Å². The van der Waals surface area contributed by atoms with E-state index in [1.165, 1.54) is 0 Å². The molecule has 1 atom stereocenters. The first-order valence-electron chi connectivity index (χ1n) is 10.9. The van der Waals surface area contributed by atoms with Gasteiger partial charge in [-0.2, -0.15) is 5.10 Å². The van der Waals surface area contributed by atoms with E-state index in [4.69, 9.17) is 4.98 Å². The molecular weight excluding hydrogens is 410 g/mol. The van der Waals surface area contributed by atoms with Crippen molar-refractivity contribution in [2.24, 2.45) is 7.05 Å². The maximum Gasteiger partial charge on any atom is 0.252 e. The van der Waals surface area contributed by atoms with Crippen LogP contribution in [0.4, 0.5) is 0 Å². The van der Waals surface area contributed by atoms with E-state index in [0.29, 0.717) is 5.56 Å². The molecule has 0 aliphatic heterocycles. The van der Waals surface area contributed by atoms with Gasteiger partial charge in [0.15, 0.2) is 0 Å². The lowest BCUT2D eigenvalue weighted by atomic mass is 10.0. The first kappa shape index (κ1) is 20.7. The number of hydrogen-bond donors (Lipinski definition) is 1. The molecule has 2 aromatic carbocycles. The summed E-state index contributed by atoms with van der Waals surface area (Å²) >= 11 is 0. The number of nitrogens with one attached hydrogen (secondary N) is 1.